The zero-order valence-corrected chi connectivity index (χ0v) is 17.5. The van der Waals surface area contributed by atoms with Crippen LogP contribution in [0.3, 0.4) is 0 Å². The Balaban J connectivity index is 2.69. The van der Waals surface area contributed by atoms with E-state index in [0.717, 1.165) is 52.1 Å². The van der Waals surface area contributed by atoms with Crippen LogP contribution in [0.15, 0.2) is 24.3 Å². The highest BCUT2D eigenvalue weighted by Gasteiger charge is 2.62. The fourth-order valence-corrected chi connectivity index (χ4v) is 3.21. The molecular formula is C19H21NO12. The number of esters is 4. The summed E-state index contributed by atoms with van der Waals surface area (Å²) >= 11 is 0. The first kappa shape index (κ1) is 24.7. The van der Waals surface area contributed by atoms with Gasteiger partial charge in [-0.25, -0.2) is 4.79 Å². The molecule has 1 N–H and O–H groups in total. The first-order valence-corrected chi connectivity index (χ1v) is 9.15. The molecule has 1 aromatic carbocycles. The molecule has 0 aliphatic carbocycles. The molecule has 0 unspecified atom stereocenters. The maximum absolute atomic E-state index is 12.4. The van der Waals surface area contributed by atoms with Crippen LogP contribution in [0.1, 0.15) is 26.3 Å². The fraction of sp³-hybridized carbons (Fsp3) is 0.474. The lowest BCUT2D eigenvalue weighted by Crippen LogP contribution is -2.67. The van der Waals surface area contributed by atoms with Gasteiger partial charge < -0.3 is 28.8 Å². The lowest BCUT2D eigenvalue weighted by molar-refractivity contribution is -0.385. The van der Waals surface area contributed by atoms with E-state index in [1.165, 1.54) is 0 Å². The third-order valence-electron chi connectivity index (χ3n) is 4.44. The molecule has 1 fully saturated rings. The van der Waals surface area contributed by atoms with Crippen LogP contribution in [0.2, 0.25) is 0 Å². The predicted octanol–water partition coefficient (Wildman–Crippen LogP) is 0.107. The van der Waals surface area contributed by atoms with Gasteiger partial charge in [0.25, 0.3) is 5.69 Å². The number of methoxy groups -OCH3 is 1. The van der Waals surface area contributed by atoms with Crippen molar-refractivity contribution in [2.75, 3.05) is 7.11 Å². The maximum atomic E-state index is 12.4. The highest BCUT2D eigenvalue weighted by molar-refractivity contribution is 5.77. The average Bonchev–Trinajstić information content (AvgIpc) is 2.71. The lowest BCUT2D eigenvalue weighted by Gasteiger charge is -2.47. The summed E-state index contributed by atoms with van der Waals surface area (Å²) in [6.45, 7) is 3.01. The van der Waals surface area contributed by atoms with E-state index in [4.69, 9.17) is 18.9 Å². The Bertz CT molecular complexity index is 913. The Hall–Kier alpha value is -3.58. The molecule has 0 amide bonds. The first-order valence-electron chi connectivity index (χ1n) is 9.15. The summed E-state index contributed by atoms with van der Waals surface area (Å²) in [5.74, 6) is -6.51. The van der Waals surface area contributed by atoms with E-state index in [9.17, 15) is 34.4 Å². The second-order valence-electron chi connectivity index (χ2n) is 6.74. The summed E-state index contributed by atoms with van der Waals surface area (Å²) in [5.41, 5.74) is -0.502. The fourth-order valence-electron chi connectivity index (χ4n) is 3.21. The predicted molar refractivity (Wildman–Crippen MR) is 101 cm³/mol. The number of hydrogen-bond donors (Lipinski definition) is 1. The van der Waals surface area contributed by atoms with Crippen molar-refractivity contribution in [3.05, 3.63) is 39.9 Å². The summed E-state index contributed by atoms with van der Waals surface area (Å²) in [6, 6.07) is 4.27. The highest BCUT2D eigenvalue weighted by atomic mass is 16.7. The molecule has 0 bridgehead atoms. The van der Waals surface area contributed by atoms with E-state index in [1.807, 2.05) is 0 Å². The van der Waals surface area contributed by atoms with Crippen molar-refractivity contribution in [2.45, 2.75) is 51.0 Å². The zero-order valence-electron chi connectivity index (χ0n) is 17.5. The second kappa shape index (κ2) is 9.70. The van der Waals surface area contributed by atoms with Crippen LogP contribution in [-0.4, -0.2) is 65.4 Å². The number of aliphatic hydroxyl groups is 1. The molecule has 1 heterocycles. The second-order valence-corrected chi connectivity index (χ2v) is 6.74. The molecule has 174 valence electrons. The molecule has 0 spiro atoms. The number of carbonyl (C=O) groups excluding carboxylic acids is 4. The topological polar surface area (TPSA) is 178 Å². The van der Waals surface area contributed by atoms with Gasteiger partial charge >= 0.3 is 23.9 Å². The van der Waals surface area contributed by atoms with Gasteiger partial charge in [0, 0.05) is 38.5 Å². The number of benzene rings is 1. The van der Waals surface area contributed by atoms with Gasteiger partial charge in [0.2, 0.25) is 11.9 Å². The molecule has 32 heavy (non-hydrogen) atoms. The van der Waals surface area contributed by atoms with Crippen molar-refractivity contribution < 1.29 is 52.9 Å². The molecule has 13 nitrogen and oxygen atoms in total. The van der Waals surface area contributed by atoms with Crippen LogP contribution in [0, 0.1) is 10.1 Å². The molecule has 1 aliphatic heterocycles. The van der Waals surface area contributed by atoms with Gasteiger partial charge in [0.1, 0.15) is 0 Å². The smallest absolute Gasteiger partial charge is 0.339 e. The van der Waals surface area contributed by atoms with Crippen molar-refractivity contribution in [1.82, 2.24) is 0 Å². The van der Waals surface area contributed by atoms with E-state index in [-0.39, 0.29) is 11.3 Å². The van der Waals surface area contributed by atoms with Crippen molar-refractivity contribution in [2.24, 2.45) is 0 Å². The van der Waals surface area contributed by atoms with E-state index in [0.29, 0.717) is 0 Å². The SMILES string of the molecule is COC(=O)[C@H]1O[C@](O)(c2ccc([N+](=O)[O-])cc2)[C@H](OC(C)=O)[C@@H](OC(C)=O)[C@@H]1OC(C)=O. The van der Waals surface area contributed by atoms with Crippen LogP contribution < -0.4 is 0 Å². The Morgan fingerprint density at radius 1 is 0.969 bits per heavy atom. The van der Waals surface area contributed by atoms with Gasteiger partial charge in [-0.2, -0.15) is 0 Å². The number of non-ortho nitro benzene ring substituents is 1. The summed E-state index contributed by atoms with van der Waals surface area (Å²) in [5, 5.41) is 22.4. The summed E-state index contributed by atoms with van der Waals surface area (Å²) < 4.78 is 25.6. The summed E-state index contributed by atoms with van der Waals surface area (Å²) in [4.78, 5) is 57.9. The lowest BCUT2D eigenvalue weighted by atomic mass is 9.87. The minimum absolute atomic E-state index is 0.179. The van der Waals surface area contributed by atoms with Gasteiger partial charge in [-0.05, 0) is 12.1 Å². The molecular weight excluding hydrogens is 434 g/mol. The van der Waals surface area contributed by atoms with Crippen LogP contribution in [0.25, 0.3) is 0 Å². The minimum Gasteiger partial charge on any atom is -0.467 e. The third kappa shape index (κ3) is 5.18. The van der Waals surface area contributed by atoms with E-state index >= 15 is 0 Å². The summed E-state index contributed by atoms with van der Waals surface area (Å²) in [7, 11) is 1.00. The van der Waals surface area contributed by atoms with Gasteiger partial charge in [-0.1, -0.05) is 0 Å². The van der Waals surface area contributed by atoms with Gasteiger partial charge in [0.15, 0.2) is 18.3 Å². The van der Waals surface area contributed by atoms with Gasteiger partial charge in [0.05, 0.1) is 12.0 Å². The standard InChI is InChI=1S/C19H21NO12/c1-9(21)29-14-15(30-10(2)22)17(31-11(3)23)19(25,32-16(14)18(24)28-4)12-5-7-13(8-6-12)20(26)27/h5-8,14-17,25H,1-4H3/t14-,15-,16-,17+,19+/m0/s1. The molecule has 0 saturated carbocycles. The van der Waals surface area contributed by atoms with Gasteiger partial charge in [-0.15, -0.1) is 0 Å². The number of nitro groups is 1. The van der Waals surface area contributed by atoms with Gasteiger partial charge in [-0.3, -0.25) is 24.5 Å². The number of nitrogens with zero attached hydrogens (tertiary/aromatic N) is 1. The number of ether oxygens (including phenoxy) is 5. The maximum Gasteiger partial charge on any atom is 0.339 e. The number of nitro benzene ring substituents is 1. The first-order chi connectivity index (χ1) is 14.9. The molecule has 0 radical (unpaired) electrons. The summed E-state index contributed by atoms with van der Waals surface area (Å²) in [6.07, 6.45) is -7.03. The van der Waals surface area contributed by atoms with E-state index in [1.54, 1.807) is 0 Å². The third-order valence-corrected chi connectivity index (χ3v) is 4.44. The quantitative estimate of drug-likeness (QED) is 0.265. The highest BCUT2D eigenvalue weighted by Crippen LogP contribution is 2.41. The molecule has 1 aromatic rings. The molecule has 2 rings (SSSR count). The molecule has 13 heteroatoms. The number of rotatable bonds is 6. The number of carbonyl (C=O) groups is 4. The van der Waals surface area contributed by atoms with Crippen LogP contribution in [0.4, 0.5) is 5.69 Å². The van der Waals surface area contributed by atoms with Crippen LogP contribution in [-0.2, 0) is 48.6 Å². The van der Waals surface area contributed by atoms with Crippen LogP contribution >= 0.6 is 0 Å². The van der Waals surface area contributed by atoms with Crippen molar-refractivity contribution in [3.63, 3.8) is 0 Å². The monoisotopic (exact) mass is 455 g/mol. The Kier molecular flexibility index (Phi) is 7.48. The average molecular weight is 455 g/mol. The Morgan fingerprint density at radius 2 is 1.47 bits per heavy atom. The van der Waals surface area contributed by atoms with Crippen molar-refractivity contribution in [3.8, 4) is 0 Å². The van der Waals surface area contributed by atoms with Crippen molar-refractivity contribution in [1.29, 1.82) is 0 Å². The molecule has 0 aromatic heterocycles. The zero-order chi connectivity index (χ0) is 24.2. The Labute approximate surface area is 181 Å². The van der Waals surface area contributed by atoms with Crippen molar-refractivity contribution >= 4 is 29.6 Å². The Morgan fingerprint density at radius 3 is 1.91 bits per heavy atom. The van der Waals surface area contributed by atoms with Crippen LogP contribution in [0.5, 0.6) is 0 Å². The van der Waals surface area contributed by atoms with E-state index < -0.39 is 59.0 Å². The number of hydrogen-bond acceptors (Lipinski definition) is 12. The molecule has 1 aliphatic rings. The normalized spacial score (nSPS) is 27.0. The minimum atomic E-state index is -2.66. The largest absolute Gasteiger partial charge is 0.467 e. The molecule has 5 atom stereocenters. The molecule has 1 saturated heterocycles. The van der Waals surface area contributed by atoms with E-state index in [2.05, 4.69) is 4.74 Å².